The third-order valence-corrected chi connectivity index (χ3v) is 8.05. The maximum absolute atomic E-state index is 12.8. The summed E-state index contributed by atoms with van der Waals surface area (Å²) in [6.45, 7) is 1.67. The molecule has 2 atom stereocenters. The summed E-state index contributed by atoms with van der Waals surface area (Å²) in [6.07, 6.45) is 7.70. The minimum Gasteiger partial charge on any atom is -0.493 e. The van der Waals surface area contributed by atoms with Gasteiger partial charge in [0.25, 0.3) is 0 Å². The highest BCUT2D eigenvalue weighted by Crippen LogP contribution is 2.40. The van der Waals surface area contributed by atoms with Crippen LogP contribution < -0.4 is 19.1 Å². The topological polar surface area (TPSA) is 111 Å². The highest BCUT2D eigenvalue weighted by atomic mass is 16.6. The predicted octanol–water partition coefficient (Wildman–Crippen LogP) is 5.24. The molecule has 2 saturated heterocycles. The number of benzene rings is 1. The summed E-state index contributed by atoms with van der Waals surface area (Å²) in [5.74, 6) is 1.69. The van der Waals surface area contributed by atoms with Gasteiger partial charge in [-0.2, -0.15) is 0 Å². The van der Waals surface area contributed by atoms with Gasteiger partial charge in [-0.05, 0) is 68.0 Å². The number of nitrogens with zero attached hydrogens (tertiary/aromatic N) is 4. The zero-order valence-electron chi connectivity index (χ0n) is 22.7. The van der Waals surface area contributed by atoms with Gasteiger partial charge < -0.3 is 19.1 Å². The quantitative estimate of drug-likeness (QED) is 0.364. The second kappa shape index (κ2) is 12.0. The molecule has 0 radical (unpaired) electrons. The summed E-state index contributed by atoms with van der Waals surface area (Å²) in [4.78, 5) is 49.6. The number of fused-ring (bicyclic) bond motifs is 1. The summed E-state index contributed by atoms with van der Waals surface area (Å²) < 4.78 is 17.2. The average Bonchev–Trinajstić information content (AvgIpc) is 3.27. The third-order valence-electron chi connectivity index (χ3n) is 8.05. The third kappa shape index (κ3) is 6.01. The summed E-state index contributed by atoms with van der Waals surface area (Å²) in [5.41, 5.74) is 0.422. The molecule has 2 unspecified atom stereocenters. The lowest BCUT2D eigenvalue weighted by atomic mass is 9.81. The summed E-state index contributed by atoms with van der Waals surface area (Å²) >= 11 is 0. The van der Waals surface area contributed by atoms with E-state index in [1.165, 1.54) is 17.2 Å². The molecule has 1 saturated carbocycles. The van der Waals surface area contributed by atoms with Crippen molar-refractivity contribution in [2.75, 3.05) is 24.6 Å². The minimum atomic E-state index is -0.465. The van der Waals surface area contributed by atoms with Crippen molar-refractivity contribution >= 4 is 23.6 Å². The van der Waals surface area contributed by atoms with E-state index in [-0.39, 0.29) is 29.5 Å². The van der Waals surface area contributed by atoms with Crippen LogP contribution in [0.1, 0.15) is 38.5 Å². The van der Waals surface area contributed by atoms with Gasteiger partial charge in [-0.3, -0.25) is 9.59 Å². The fourth-order valence-corrected chi connectivity index (χ4v) is 5.76. The number of carbonyl (C=O) groups excluding carboxylic acids is 3. The standard InChI is InChI=1S/C31H32N4O6/c36-29-25-5-1-2-6-26(25)30(37)35(29)22-8-13-28(33-19-22)41-31(38)34-17-14-21(15-18-34)20-39-23-9-11-24(12-10-23)40-27-7-3-4-16-32-27/h3-4,7-13,16,19,21,25-26H,1-2,5-6,14-15,17-18,20H2. The molecule has 10 nitrogen and oxygen atoms in total. The molecule has 4 heterocycles. The molecule has 2 aliphatic heterocycles. The zero-order valence-corrected chi connectivity index (χ0v) is 22.7. The van der Waals surface area contributed by atoms with E-state index in [1.54, 1.807) is 23.2 Å². The van der Waals surface area contributed by atoms with Crippen LogP contribution in [-0.2, 0) is 9.59 Å². The maximum Gasteiger partial charge on any atom is 0.416 e. The SMILES string of the molecule is O=C(Oc1ccc(N2C(=O)C3CCCCC3C2=O)cn1)N1CCC(COc2ccc(Oc3ccccn3)cc2)CC1. The molecule has 1 aliphatic carbocycles. The second-order valence-electron chi connectivity index (χ2n) is 10.7. The molecule has 2 aromatic heterocycles. The predicted molar refractivity (Wildman–Crippen MR) is 149 cm³/mol. The second-order valence-corrected chi connectivity index (χ2v) is 10.7. The fraction of sp³-hybridized carbons (Fsp3) is 0.387. The van der Waals surface area contributed by atoms with Crippen LogP contribution in [0.4, 0.5) is 10.5 Å². The van der Waals surface area contributed by atoms with Gasteiger partial charge in [0, 0.05) is 31.4 Å². The lowest BCUT2D eigenvalue weighted by Gasteiger charge is -2.31. The number of aromatic nitrogens is 2. The highest BCUT2D eigenvalue weighted by molar-refractivity contribution is 6.22. The van der Waals surface area contributed by atoms with Crippen molar-refractivity contribution in [3.63, 3.8) is 0 Å². The Bertz CT molecular complexity index is 1350. The van der Waals surface area contributed by atoms with Gasteiger partial charge in [-0.25, -0.2) is 19.7 Å². The molecular formula is C31H32N4O6. The fourth-order valence-electron chi connectivity index (χ4n) is 5.76. The molecule has 0 spiro atoms. The van der Waals surface area contributed by atoms with E-state index >= 15 is 0 Å². The first-order chi connectivity index (χ1) is 20.0. The van der Waals surface area contributed by atoms with Crippen molar-refractivity contribution in [1.29, 1.82) is 0 Å². The zero-order chi connectivity index (χ0) is 28.2. The van der Waals surface area contributed by atoms with Crippen LogP contribution in [0.25, 0.3) is 0 Å². The van der Waals surface area contributed by atoms with Crippen molar-refractivity contribution in [2.24, 2.45) is 17.8 Å². The molecular weight excluding hydrogens is 524 g/mol. The van der Waals surface area contributed by atoms with E-state index in [4.69, 9.17) is 14.2 Å². The van der Waals surface area contributed by atoms with E-state index in [2.05, 4.69) is 9.97 Å². The Hall–Kier alpha value is -4.47. The molecule has 3 aliphatic rings. The maximum atomic E-state index is 12.8. The van der Waals surface area contributed by atoms with E-state index in [9.17, 15) is 14.4 Å². The molecule has 3 fully saturated rings. The first kappa shape index (κ1) is 26.7. The van der Waals surface area contributed by atoms with Crippen molar-refractivity contribution in [1.82, 2.24) is 14.9 Å². The number of likely N-dealkylation sites (tertiary alicyclic amines) is 1. The number of amides is 3. The van der Waals surface area contributed by atoms with Crippen LogP contribution in [0.5, 0.6) is 23.3 Å². The Morgan fingerprint density at radius 1 is 0.805 bits per heavy atom. The van der Waals surface area contributed by atoms with Crippen LogP contribution >= 0.6 is 0 Å². The van der Waals surface area contributed by atoms with Crippen molar-refractivity contribution < 1.29 is 28.6 Å². The first-order valence-electron chi connectivity index (χ1n) is 14.2. The summed E-state index contributed by atoms with van der Waals surface area (Å²) in [7, 11) is 0. The first-order valence-corrected chi connectivity index (χ1v) is 14.2. The highest BCUT2D eigenvalue weighted by Gasteiger charge is 2.48. The van der Waals surface area contributed by atoms with E-state index in [1.807, 2.05) is 36.4 Å². The molecule has 6 rings (SSSR count). The molecule has 1 aromatic carbocycles. The van der Waals surface area contributed by atoms with Crippen molar-refractivity contribution in [3.05, 3.63) is 67.0 Å². The van der Waals surface area contributed by atoms with Gasteiger partial charge in [-0.15, -0.1) is 0 Å². The van der Waals surface area contributed by atoms with Crippen LogP contribution in [0, 0.1) is 17.8 Å². The minimum absolute atomic E-state index is 0.135. The molecule has 3 aromatic rings. The Kier molecular flexibility index (Phi) is 7.80. The van der Waals surface area contributed by atoms with Crippen molar-refractivity contribution in [3.8, 4) is 23.3 Å². The monoisotopic (exact) mass is 556 g/mol. The smallest absolute Gasteiger partial charge is 0.416 e. The Morgan fingerprint density at radius 2 is 1.51 bits per heavy atom. The molecule has 10 heteroatoms. The molecule has 41 heavy (non-hydrogen) atoms. The summed E-state index contributed by atoms with van der Waals surface area (Å²) in [5, 5.41) is 0. The average molecular weight is 557 g/mol. The lowest BCUT2D eigenvalue weighted by molar-refractivity contribution is -0.122. The largest absolute Gasteiger partial charge is 0.493 e. The number of rotatable bonds is 7. The van der Waals surface area contributed by atoms with E-state index in [0.29, 0.717) is 42.9 Å². The van der Waals surface area contributed by atoms with Crippen LogP contribution in [-0.4, -0.2) is 52.5 Å². The van der Waals surface area contributed by atoms with Crippen molar-refractivity contribution in [2.45, 2.75) is 38.5 Å². The molecule has 0 bridgehead atoms. The summed E-state index contributed by atoms with van der Waals surface area (Å²) in [6, 6.07) is 16.1. The van der Waals surface area contributed by atoms with Gasteiger partial charge in [0.15, 0.2) is 0 Å². The number of hydrogen-bond donors (Lipinski definition) is 0. The lowest BCUT2D eigenvalue weighted by Crippen LogP contribution is -2.41. The van der Waals surface area contributed by atoms with Gasteiger partial charge in [0.05, 0.1) is 30.3 Å². The van der Waals surface area contributed by atoms with Gasteiger partial charge in [-0.1, -0.05) is 18.9 Å². The Labute approximate surface area is 238 Å². The van der Waals surface area contributed by atoms with Gasteiger partial charge in [0.2, 0.25) is 23.6 Å². The Balaban J connectivity index is 0.946. The van der Waals surface area contributed by atoms with Gasteiger partial charge in [0.1, 0.15) is 11.5 Å². The molecule has 212 valence electrons. The number of imide groups is 1. The number of ether oxygens (including phenoxy) is 3. The number of anilines is 1. The number of piperidine rings is 1. The van der Waals surface area contributed by atoms with Crippen LogP contribution in [0.2, 0.25) is 0 Å². The van der Waals surface area contributed by atoms with Gasteiger partial charge >= 0.3 is 6.09 Å². The Morgan fingerprint density at radius 3 is 2.15 bits per heavy atom. The number of hydrogen-bond acceptors (Lipinski definition) is 8. The molecule has 0 N–H and O–H groups in total. The normalized spacial score (nSPS) is 21.0. The van der Waals surface area contributed by atoms with Crippen LogP contribution in [0.15, 0.2) is 67.0 Å². The van der Waals surface area contributed by atoms with E-state index in [0.717, 1.165) is 44.3 Å². The number of pyridine rings is 2. The molecule has 3 amide bonds. The van der Waals surface area contributed by atoms with E-state index < -0.39 is 6.09 Å². The number of carbonyl (C=O) groups is 3. The van der Waals surface area contributed by atoms with Crippen LogP contribution in [0.3, 0.4) is 0 Å².